The van der Waals surface area contributed by atoms with Crippen LogP contribution in [0, 0.1) is 34.6 Å². The van der Waals surface area contributed by atoms with Crippen molar-refractivity contribution in [2.24, 2.45) is 28.2 Å². The summed E-state index contributed by atoms with van der Waals surface area (Å²) in [5.41, 5.74) is 2.64. The van der Waals surface area contributed by atoms with E-state index in [0.717, 1.165) is 30.0 Å². The summed E-state index contributed by atoms with van der Waals surface area (Å²) in [6.07, 6.45) is 11.1. The van der Waals surface area contributed by atoms with Crippen LogP contribution in [0.4, 0.5) is 5.69 Å². The monoisotopic (exact) mass is 362 g/mol. The van der Waals surface area contributed by atoms with E-state index < -0.39 is 0 Å². The van der Waals surface area contributed by atoms with Crippen LogP contribution in [0.25, 0.3) is 11.6 Å². The Kier molecular flexibility index (Phi) is 4.72. The zero-order valence-electron chi connectivity index (χ0n) is 16.7. The fourth-order valence-electron chi connectivity index (χ4n) is 6.08. The highest BCUT2D eigenvalue weighted by Crippen LogP contribution is 2.65. The second-order valence-corrected chi connectivity index (χ2v) is 9.02. The quantitative estimate of drug-likeness (QED) is 0.375. The number of rotatable bonds is 3. The number of aliphatic imine (C=N–C) groups is 1. The van der Waals surface area contributed by atoms with Crippen LogP contribution in [-0.4, -0.2) is 12.5 Å². The number of nitrogens with zero attached hydrogens (tertiary/aromatic N) is 2. The summed E-state index contributed by atoms with van der Waals surface area (Å²) < 4.78 is 0. The van der Waals surface area contributed by atoms with Crippen LogP contribution in [0.15, 0.2) is 23.2 Å². The van der Waals surface area contributed by atoms with E-state index in [1.807, 2.05) is 6.19 Å². The predicted molar refractivity (Wildman–Crippen MR) is 111 cm³/mol. The second-order valence-electron chi connectivity index (χ2n) is 9.02. The zero-order valence-corrected chi connectivity index (χ0v) is 16.7. The molecule has 2 N–H and O–H groups in total. The molecule has 4 saturated carbocycles. The molecule has 5 rings (SSSR count). The number of benzene rings is 1. The van der Waals surface area contributed by atoms with E-state index in [9.17, 15) is 5.26 Å². The zero-order chi connectivity index (χ0) is 19.0. The molecule has 0 heterocycles. The molecule has 4 aliphatic rings. The normalized spacial score (nSPS) is 31.9. The van der Waals surface area contributed by atoms with Gasteiger partial charge in [-0.2, -0.15) is 5.26 Å². The molecule has 2 unspecified atom stereocenters. The van der Waals surface area contributed by atoms with Crippen molar-refractivity contribution in [1.29, 1.82) is 5.26 Å². The van der Waals surface area contributed by atoms with Crippen molar-refractivity contribution in [3.05, 3.63) is 28.6 Å². The van der Waals surface area contributed by atoms with Gasteiger partial charge in [-0.15, -0.1) is 0 Å². The number of anilines is 1. The van der Waals surface area contributed by atoms with Crippen LogP contribution in [0.3, 0.4) is 0 Å². The molecule has 0 saturated heterocycles. The van der Waals surface area contributed by atoms with Crippen LogP contribution in [0.2, 0.25) is 0 Å². The number of hydrogen-bond donors (Lipinski definition) is 2. The summed E-state index contributed by atoms with van der Waals surface area (Å²) in [5.74, 6) is 3.30. The first-order valence-electron chi connectivity index (χ1n) is 10.2. The van der Waals surface area contributed by atoms with Crippen molar-refractivity contribution in [2.75, 3.05) is 11.9 Å². The molecule has 4 bridgehead atoms. The minimum absolute atomic E-state index is 0.400. The lowest BCUT2D eigenvalue weighted by Crippen LogP contribution is -2.32. The Morgan fingerprint density at radius 3 is 2.63 bits per heavy atom. The molecule has 1 aromatic carbocycles. The topological polar surface area (TPSA) is 60.2 Å². The lowest BCUT2D eigenvalue weighted by Gasteiger charge is -2.31. The Balaban J connectivity index is 1.56. The lowest BCUT2D eigenvalue weighted by atomic mass is 9.75. The van der Waals surface area contributed by atoms with Gasteiger partial charge in [0.2, 0.25) is 5.96 Å². The predicted octanol–water partition coefficient (Wildman–Crippen LogP) is 3.34. The van der Waals surface area contributed by atoms with E-state index in [-0.39, 0.29) is 0 Å². The summed E-state index contributed by atoms with van der Waals surface area (Å²) in [4.78, 5) is 4.85. The van der Waals surface area contributed by atoms with Crippen molar-refractivity contribution >= 4 is 23.3 Å². The van der Waals surface area contributed by atoms with E-state index in [2.05, 4.69) is 55.7 Å². The number of guanidine groups is 1. The standard InChI is InChI=1S/C23H30N4/c1-4-18-5-6-20(10-21(18)15(2)3)27-22(26-14-24)25-13-23-11-16-7-17(12-23)9-19(23)8-16/h4-6,10,16-17,19H,7-9,11-13H2,1-3H3,(H2,25,26,27)/b18-4-. The molecule has 0 aliphatic heterocycles. The maximum atomic E-state index is 9.18. The third kappa shape index (κ3) is 3.36. The van der Waals surface area contributed by atoms with E-state index in [1.54, 1.807) is 0 Å². The molecule has 142 valence electrons. The average Bonchev–Trinajstić information content (AvgIpc) is 3.03. The molecule has 1 aromatic rings. The van der Waals surface area contributed by atoms with Crippen molar-refractivity contribution in [1.82, 2.24) is 5.32 Å². The Morgan fingerprint density at radius 1 is 1.26 bits per heavy atom. The van der Waals surface area contributed by atoms with Gasteiger partial charge in [0, 0.05) is 12.2 Å². The van der Waals surface area contributed by atoms with Gasteiger partial charge in [-0.1, -0.05) is 17.7 Å². The van der Waals surface area contributed by atoms with Crippen LogP contribution in [0.1, 0.15) is 52.9 Å². The molecular weight excluding hydrogens is 332 g/mol. The van der Waals surface area contributed by atoms with Gasteiger partial charge in [-0.25, -0.2) is 0 Å². The highest BCUT2D eigenvalue weighted by atomic mass is 15.2. The van der Waals surface area contributed by atoms with Crippen molar-refractivity contribution < 1.29 is 0 Å². The van der Waals surface area contributed by atoms with Crippen LogP contribution < -0.4 is 21.1 Å². The van der Waals surface area contributed by atoms with Gasteiger partial charge in [-0.3, -0.25) is 10.3 Å². The van der Waals surface area contributed by atoms with Crippen LogP contribution in [-0.2, 0) is 0 Å². The number of nitrogens with one attached hydrogen (secondary N) is 2. The van der Waals surface area contributed by atoms with E-state index in [4.69, 9.17) is 4.99 Å². The molecule has 4 fully saturated rings. The van der Waals surface area contributed by atoms with Crippen molar-refractivity contribution in [2.45, 2.75) is 52.9 Å². The summed E-state index contributed by atoms with van der Waals surface area (Å²) in [7, 11) is 0. The fourth-order valence-corrected chi connectivity index (χ4v) is 6.08. The minimum atomic E-state index is 0.400. The van der Waals surface area contributed by atoms with Gasteiger partial charge < -0.3 is 5.32 Å². The fraction of sp³-hybridized carbons (Fsp3) is 0.565. The Hall–Kier alpha value is -2.28. The molecule has 0 amide bonds. The van der Waals surface area contributed by atoms with Crippen molar-refractivity contribution in [3.63, 3.8) is 0 Å². The summed E-state index contributed by atoms with van der Waals surface area (Å²) >= 11 is 0. The van der Waals surface area contributed by atoms with Gasteiger partial charge in [0.05, 0.1) is 0 Å². The Bertz CT molecular complexity index is 903. The summed E-state index contributed by atoms with van der Waals surface area (Å²) in [6.45, 7) is 7.15. The molecule has 0 radical (unpaired) electrons. The Morgan fingerprint density at radius 2 is 2.00 bits per heavy atom. The summed E-state index contributed by atoms with van der Waals surface area (Å²) in [5, 5.41) is 17.7. The van der Waals surface area contributed by atoms with Crippen LogP contribution >= 0.6 is 0 Å². The van der Waals surface area contributed by atoms with Gasteiger partial charge in [0.15, 0.2) is 6.19 Å². The molecule has 27 heavy (non-hydrogen) atoms. The largest absolute Gasteiger partial charge is 0.326 e. The Labute approximate surface area is 162 Å². The van der Waals surface area contributed by atoms with E-state index in [1.165, 1.54) is 48.1 Å². The van der Waals surface area contributed by atoms with Gasteiger partial charge in [0.1, 0.15) is 0 Å². The van der Waals surface area contributed by atoms with Crippen LogP contribution in [0.5, 0.6) is 0 Å². The first-order chi connectivity index (χ1) is 13.0. The third-order valence-corrected chi connectivity index (χ3v) is 7.05. The first kappa shape index (κ1) is 18.1. The van der Waals surface area contributed by atoms with Gasteiger partial charge in [0.25, 0.3) is 0 Å². The maximum Gasteiger partial charge on any atom is 0.209 e. The van der Waals surface area contributed by atoms with Gasteiger partial charge in [-0.05, 0) is 98.6 Å². The maximum absolute atomic E-state index is 9.18. The second kappa shape index (κ2) is 7.03. The number of hydrogen-bond acceptors (Lipinski definition) is 2. The number of nitriles is 1. The molecule has 4 heteroatoms. The molecule has 2 atom stereocenters. The minimum Gasteiger partial charge on any atom is -0.326 e. The molecule has 0 aromatic heterocycles. The SMILES string of the molecule is C/C=c1/ccc(NC(=NCC23CC4CC(CC2C4)C3)NC#N)cc1=C(C)C. The molecule has 4 nitrogen and oxygen atoms in total. The molecule has 0 spiro atoms. The highest BCUT2D eigenvalue weighted by Gasteiger charge is 2.57. The summed E-state index contributed by atoms with van der Waals surface area (Å²) in [6, 6.07) is 6.31. The molecular formula is C23H30N4. The van der Waals surface area contributed by atoms with E-state index >= 15 is 0 Å². The van der Waals surface area contributed by atoms with Crippen molar-refractivity contribution in [3.8, 4) is 6.19 Å². The van der Waals surface area contributed by atoms with E-state index in [0.29, 0.717) is 11.4 Å². The lowest BCUT2D eigenvalue weighted by molar-refractivity contribution is 0.210. The highest BCUT2D eigenvalue weighted by molar-refractivity contribution is 5.94. The third-order valence-electron chi connectivity index (χ3n) is 7.05. The molecule has 4 aliphatic carbocycles. The first-order valence-corrected chi connectivity index (χ1v) is 10.2. The van der Waals surface area contributed by atoms with Gasteiger partial charge >= 0.3 is 0 Å². The smallest absolute Gasteiger partial charge is 0.209 e. The average molecular weight is 363 g/mol.